The average molecular weight is 349 g/mol. The molecule has 106 valence electrons. The second-order valence-corrected chi connectivity index (χ2v) is 7.11. The minimum absolute atomic E-state index is 0.324. The van der Waals surface area contributed by atoms with Gasteiger partial charge in [0.25, 0.3) is 0 Å². The lowest BCUT2D eigenvalue weighted by molar-refractivity contribution is -0.147. The number of amides is 2. The molecule has 1 aromatic heterocycles. The average Bonchev–Trinajstić information content (AvgIpc) is 2.72. The van der Waals surface area contributed by atoms with Crippen LogP contribution in [-0.2, 0) is 11.3 Å². The second-order valence-electron chi connectivity index (χ2n) is 4.82. The SMILES string of the molecule is CN(Cc1csc(Br)c1)C(=O)N(C)C(C)(C)C(=O)O. The van der Waals surface area contributed by atoms with E-state index in [0.29, 0.717) is 6.54 Å². The van der Waals surface area contributed by atoms with Gasteiger partial charge in [0.2, 0.25) is 0 Å². The molecule has 19 heavy (non-hydrogen) atoms. The summed E-state index contributed by atoms with van der Waals surface area (Å²) >= 11 is 4.91. The third kappa shape index (κ3) is 3.70. The summed E-state index contributed by atoms with van der Waals surface area (Å²) in [5.41, 5.74) is -0.227. The number of nitrogens with zero attached hydrogens (tertiary/aromatic N) is 2. The number of carboxylic acid groups (broad SMARTS) is 1. The van der Waals surface area contributed by atoms with E-state index in [0.717, 1.165) is 9.35 Å². The highest BCUT2D eigenvalue weighted by Gasteiger charge is 2.36. The first kappa shape index (κ1) is 16.0. The predicted molar refractivity (Wildman–Crippen MR) is 78.4 cm³/mol. The first-order valence-electron chi connectivity index (χ1n) is 5.61. The molecule has 0 atom stereocenters. The van der Waals surface area contributed by atoms with Gasteiger partial charge >= 0.3 is 12.0 Å². The van der Waals surface area contributed by atoms with Crippen LogP contribution >= 0.6 is 27.3 Å². The van der Waals surface area contributed by atoms with Gasteiger partial charge in [-0.2, -0.15) is 0 Å². The highest BCUT2D eigenvalue weighted by atomic mass is 79.9. The standard InChI is InChI=1S/C12H17BrN2O3S/c1-12(2,10(16)17)15(4)11(18)14(3)6-8-5-9(13)19-7-8/h5,7H,6H2,1-4H3,(H,16,17). The summed E-state index contributed by atoms with van der Waals surface area (Å²) in [6.07, 6.45) is 0. The molecule has 2 amide bonds. The Morgan fingerprint density at radius 2 is 2.00 bits per heavy atom. The quantitative estimate of drug-likeness (QED) is 0.909. The van der Waals surface area contributed by atoms with Gasteiger partial charge in [0.1, 0.15) is 5.54 Å². The molecule has 0 saturated heterocycles. The fourth-order valence-electron chi connectivity index (χ4n) is 1.41. The van der Waals surface area contributed by atoms with E-state index < -0.39 is 11.5 Å². The highest BCUT2D eigenvalue weighted by Crippen LogP contribution is 2.22. The normalized spacial score (nSPS) is 11.2. The number of hydrogen-bond donors (Lipinski definition) is 1. The zero-order valence-corrected chi connectivity index (χ0v) is 13.7. The third-order valence-corrected chi connectivity index (χ3v) is 4.57. The topological polar surface area (TPSA) is 60.9 Å². The lowest BCUT2D eigenvalue weighted by Gasteiger charge is -2.34. The first-order chi connectivity index (χ1) is 8.66. The zero-order valence-electron chi connectivity index (χ0n) is 11.3. The molecule has 0 aliphatic heterocycles. The number of carbonyl (C=O) groups is 2. The van der Waals surface area contributed by atoms with Crippen LogP contribution in [-0.4, -0.2) is 46.5 Å². The summed E-state index contributed by atoms with van der Waals surface area (Å²) in [7, 11) is 3.15. The van der Waals surface area contributed by atoms with E-state index >= 15 is 0 Å². The van der Waals surface area contributed by atoms with Crippen LogP contribution in [0.1, 0.15) is 19.4 Å². The summed E-state index contributed by atoms with van der Waals surface area (Å²) in [5, 5.41) is 11.1. The van der Waals surface area contributed by atoms with Crippen LogP contribution in [0.2, 0.25) is 0 Å². The molecule has 1 N–H and O–H groups in total. The number of aliphatic carboxylic acids is 1. The summed E-state index contributed by atoms with van der Waals surface area (Å²) < 4.78 is 1.00. The van der Waals surface area contributed by atoms with Gasteiger partial charge in [-0.3, -0.25) is 0 Å². The van der Waals surface area contributed by atoms with E-state index in [1.165, 1.54) is 30.7 Å². The van der Waals surface area contributed by atoms with Gasteiger partial charge in [-0.15, -0.1) is 11.3 Å². The van der Waals surface area contributed by atoms with Gasteiger partial charge in [0, 0.05) is 20.6 Å². The van der Waals surface area contributed by atoms with E-state index in [1.807, 2.05) is 11.4 Å². The molecule has 5 nitrogen and oxygen atoms in total. The van der Waals surface area contributed by atoms with Gasteiger partial charge in [-0.1, -0.05) is 0 Å². The number of thiophene rings is 1. The molecule has 0 saturated carbocycles. The second kappa shape index (κ2) is 5.92. The van der Waals surface area contributed by atoms with Crippen molar-refractivity contribution in [2.45, 2.75) is 25.9 Å². The first-order valence-corrected chi connectivity index (χ1v) is 7.28. The van der Waals surface area contributed by atoms with Crippen molar-refractivity contribution in [3.8, 4) is 0 Å². The molecule has 0 fully saturated rings. The Hall–Kier alpha value is -1.08. The molecule has 0 bridgehead atoms. The molecule has 0 radical (unpaired) electrons. The number of carbonyl (C=O) groups excluding carboxylic acids is 1. The predicted octanol–water partition coefficient (Wildman–Crippen LogP) is 2.86. The fraction of sp³-hybridized carbons (Fsp3) is 0.500. The van der Waals surface area contributed by atoms with E-state index in [-0.39, 0.29) is 6.03 Å². The van der Waals surface area contributed by atoms with E-state index in [1.54, 1.807) is 18.4 Å². The molecule has 1 aromatic rings. The zero-order chi connectivity index (χ0) is 14.8. The van der Waals surface area contributed by atoms with Crippen molar-refractivity contribution in [1.82, 2.24) is 9.80 Å². The Bertz CT molecular complexity index is 487. The van der Waals surface area contributed by atoms with Gasteiger partial charge < -0.3 is 14.9 Å². The Morgan fingerprint density at radius 3 is 2.42 bits per heavy atom. The maximum absolute atomic E-state index is 12.2. The molecular weight excluding hydrogens is 332 g/mol. The Morgan fingerprint density at radius 1 is 1.42 bits per heavy atom. The Kier molecular flexibility index (Phi) is 4.98. The van der Waals surface area contributed by atoms with E-state index in [2.05, 4.69) is 15.9 Å². The van der Waals surface area contributed by atoms with Crippen LogP contribution < -0.4 is 0 Å². The number of hydrogen-bond acceptors (Lipinski definition) is 3. The highest BCUT2D eigenvalue weighted by molar-refractivity contribution is 9.11. The smallest absolute Gasteiger partial charge is 0.329 e. The van der Waals surface area contributed by atoms with Gasteiger partial charge in [-0.25, -0.2) is 9.59 Å². The Labute approximate surface area is 124 Å². The minimum atomic E-state index is -1.24. The number of carboxylic acids is 1. The fourth-order valence-corrected chi connectivity index (χ4v) is 2.61. The van der Waals surface area contributed by atoms with Crippen molar-refractivity contribution in [1.29, 1.82) is 0 Å². The molecule has 0 spiro atoms. The molecule has 0 aliphatic rings. The summed E-state index contributed by atoms with van der Waals surface area (Å²) in [6.45, 7) is 3.45. The maximum Gasteiger partial charge on any atom is 0.329 e. The van der Waals surface area contributed by atoms with Crippen LogP contribution in [0.5, 0.6) is 0 Å². The van der Waals surface area contributed by atoms with Crippen LogP contribution in [0.3, 0.4) is 0 Å². The van der Waals surface area contributed by atoms with Crippen LogP contribution in [0.4, 0.5) is 4.79 Å². The van der Waals surface area contributed by atoms with Crippen molar-refractivity contribution >= 4 is 39.3 Å². The van der Waals surface area contributed by atoms with Crippen molar-refractivity contribution < 1.29 is 14.7 Å². The molecular formula is C12H17BrN2O3S. The van der Waals surface area contributed by atoms with Gasteiger partial charge in [0.05, 0.1) is 3.79 Å². The summed E-state index contributed by atoms with van der Waals surface area (Å²) in [6, 6.07) is 1.62. The van der Waals surface area contributed by atoms with Gasteiger partial charge in [-0.05, 0) is 46.8 Å². The molecule has 0 aromatic carbocycles. The van der Waals surface area contributed by atoms with Crippen molar-refractivity contribution in [2.75, 3.05) is 14.1 Å². The Balaban J connectivity index is 2.74. The third-order valence-electron chi connectivity index (χ3n) is 3.02. The monoisotopic (exact) mass is 348 g/mol. The lowest BCUT2D eigenvalue weighted by atomic mass is 10.0. The van der Waals surface area contributed by atoms with Crippen molar-refractivity contribution in [2.24, 2.45) is 0 Å². The number of urea groups is 1. The van der Waals surface area contributed by atoms with E-state index in [9.17, 15) is 9.59 Å². The summed E-state index contributed by atoms with van der Waals surface area (Å²) in [4.78, 5) is 26.1. The van der Waals surface area contributed by atoms with Crippen LogP contribution in [0.25, 0.3) is 0 Å². The number of likely N-dealkylation sites (N-methyl/N-ethyl adjacent to an activating group) is 1. The van der Waals surface area contributed by atoms with Crippen LogP contribution in [0.15, 0.2) is 15.2 Å². The van der Waals surface area contributed by atoms with E-state index in [4.69, 9.17) is 5.11 Å². The minimum Gasteiger partial charge on any atom is -0.480 e. The van der Waals surface area contributed by atoms with Crippen molar-refractivity contribution in [3.05, 3.63) is 20.8 Å². The molecule has 1 heterocycles. The molecule has 0 unspecified atom stereocenters. The maximum atomic E-state index is 12.2. The van der Waals surface area contributed by atoms with Crippen LogP contribution in [0, 0.1) is 0 Å². The largest absolute Gasteiger partial charge is 0.480 e. The number of halogens is 1. The number of rotatable bonds is 4. The summed E-state index contributed by atoms with van der Waals surface area (Å²) in [5.74, 6) is -1.03. The molecule has 0 aliphatic carbocycles. The lowest BCUT2D eigenvalue weighted by Crippen LogP contribution is -2.54. The van der Waals surface area contributed by atoms with Gasteiger partial charge in [0.15, 0.2) is 0 Å². The van der Waals surface area contributed by atoms with Crippen molar-refractivity contribution in [3.63, 3.8) is 0 Å². The molecule has 1 rings (SSSR count). The molecule has 7 heteroatoms.